The van der Waals surface area contributed by atoms with Crippen molar-refractivity contribution in [1.82, 2.24) is 0 Å². The van der Waals surface area contributed by atoms with E-state index in [-0.39, 0.29) is 49.8 Å². The van der Waals surface area contributed by atoms with Crippen LogP contribution in [0.4, 0.5) is 0 Å². The number of benzene rings is 2. The molecule has 1 N–H and O–H groups in total. The molecule has 3 aromatic carbocycles. The number of rotatable bonds is 1. The predicted octanol–water partition coefficient (Wildman–Crippen LogP) is 4.71. The Balaban J connectivity index is -0.000000162. The van der Waals surface area contributed by atoms with E-state index in [0.717, 1.165) is 0 Å². The summed E-state index contributed by atoms with van der Waals surface area (Å²) < 4.78 is 8.34. The van der Waals surface area contributed by atoms with Gasteiger partial charge in [-0.15, -0.1) is 64.6 Å². The van der Waals surface area contributed by atoms with Crippen LogP contribution >= 0.6 is 24.8 Å². The van der Waals surface area contributed by atoms with E-state index in [1.165, 1.54) is 21.5 Å². The summed E-state index contributed by atoms with van der Waals surface area (Å²) >= 11 is 0.300. The van der Waals surface area contributed by atoms with Crippen LogP contribution in [0.2, 0.25) is 0 Å². The number of hydrogen-bond donors (Lipinski definition) is 1. The van der Waals surface area contributed by atoms with Crippen molar-refractivity contribution in [3.63, 3.8) is 0 Å². The zero-order valence-electron chi connectivity index (χ0n) is 13.0. The van der Waals surface area contributed by atoms with Crippen molar-refractivity contribution < 1.29 is 32.6 Å². The van der Waals surface area contributed by atoms with E-state index < -0.39 is 0 Å². The van der Waals surface area contributed by atoms with Crippen molar-refractivity contribution in [3.05, 3.63) is 68.9 Å². The van der Waals surface area contributed by atoms with Crippen LogP contribution in [0, 0.1) is 14.4 Å². The molecule has 0 aliphatic heterocycles. The summed E-state index contributed by atoms with van der Waals surface area (Å²) in [5.41, 5.74) is 0. The minimum absolute atomic E-state index is 0. The maximum absolute atomic E-state index is 8.34. The molecule has 0 aromatic heterocycles. The van der Waals surface area contributed by atoms with Gasteiger partial charge < -0.3 is 19.5 Å². The van der Waals surface area contributed by atoms with Gasteiger partial charge in [-0.3, -0.25) is 0 Å². The standard InChI is InChI=1S/C13H9.C3H7O.CH3.2ClH.O.Si.Zr/c1-3-7-12-10(5-1)9-11-6-2-4-8-13(11)12;1-2-3-4;;;;;;/h1-9H;4H,1-3H2;1H3;2*1H;;;/q3*-1;;;;;. The van der Waals surface area contributed by atoms with E-state index in [2.05, 4.69) is 61.5 Å². The number of aliphatic hydroxyl groups is 1. The fourth-order valence-corrected chi connectivity index (χ4v) is 1.90. The second kappa shape index (κ2) is 18.1. The summed E-state index contributed by atoms with van der Waals surface area (Å²) in [5, 5.41) is 13.2. The van der Waals surface area contributed by atoms with Gasteiger partial charge in [-0.1, -0.05) is 36.4 Å². The molecule has 23 heavy (non-hydrogen) atoms. The molecule has 0 bridgehead atoms. The maximum Gasteiger partial charge on any atom is 0 e. The first-order valence-corrected chi connectivity index (χ1v) is 7.01. The number of halogens is 2. The molecule has 0 unspecified atom stereocenters. The van der Waals surface area contributed by atoms with Crippen molar-refractivity contribution in [1.29, 1.82) is 0 Å². The molecule has 2 nitrogen and oxygen atoms in total. The van der Waals surface area contributed by atoms with Gasteiger partial charge in [0.2, 0.25) is 0 Å². The van der Waals surface area contributed by atoms with E-state index in [1.54, 1.807) is 0 Å². The van der Waals surface area contributed by atoms with Crippen molar-refractivity contribution in [2.75, 3.05) is 6.61 Å². The normalized spacial score (nSPS) is 7.70. The number of aliphatic hydroxyl groups excluding tert-OH is 1. The quantitative estimate of drug-likeness (QED) is 0.434. The Morgan fingerprint density at radius 3 is 1.52 bits per heavy atom. The molecule has 6 heteroatoms. The largest absolute Gasteiger partial charge is 0.126 e. The van der Waals surface area contributed by atoms with Crippen molar-refractivity contribution in [2.45, 2.75) is 6.42 Å². The van der Waals surface area contributed by atoms with Crippen LogP contribution in [-0.4, -0.2) is 22.7 Å². The first-order valence-electron chi connectivity index (χ1n) is 6.00. The zero-order valence-corrected chi connectivity index (χ0v) is 18.1. The number of fused-ring (bicyclic) bond motifs is 3. The molecule has 0 saturated heterocycles. The van der Waals surface area contributed by atoms with Gasteiger partial charge in [0, 0.05) is 17.6 Å². The van der Waals surface area contributed by atoms with E-state index >= 15 is 0 Å². The molecule has 0 atom stereocenters. The van der Waals surface area contributed by atoms with Gasteiger partial charge in [-0.05, 0) is 0 Å². The fourth-order valence-electron chi connectivity index (χ4n) is 1.90. The van der Waals surface area contributed by atoms with Gasteiger partial charge in [0.05, 0.1) is 0 Å². The van der Waals surface area contributed by atoms with Crippen LogP contribution in [0.25, 0.3) is 21.5 Å². The zero-order chi connectivity index (χ0) is 14.1. The van der Waals surface area contributed by atoms with Crippen molar-refractivity contribution in [2.24, 2.45) is 0 Å². The van der Waals surface area contributed by atoms with Crippen LogP contribution in [0.15, 0.2) is 54.6 Å². The fraction of sp³-hybridized carbons (Fsp3) is 0.118. The van der Waals surface area contributed by atoms with E-state index in [0.29, 0.717) is 31.1 Å². The Bertz CT molecular complexity index is 580. The summed E-state index contributed by atoms with van der Waals surface area (Å²) in [4.78, 5) is 0. The molecule has 0 amide bonds. The summed E-state index contributed by atoms with van der Waals surface area (Å²) in [5.74, 6) is 0. The first kappa shape index (κ1) is 30.6. The average Bonchev–Trinajstić information content (AvgIpc) is 2.88. The molecule has 0 aliphatic carbocycles. The third-order valence-corrected chi connectivity index (χ3v) is 2.68. The second-order valence-electron chi connectivity index (χ2n) is 3.90. The van der Waals surface area contributed by atoms with Gasteiger partial charge in [0.1, 0.15) is 0 Å². The SMILES string of the molecule is Cl.Cl.[CH2-]CCO.[CH3-].[O]=[Zr].[Si].c1ccc2c(c1)[cH-]c1ccccc12. The van der Waals surface area contributed by atoms with E-state index in [9.17, 15) is 0 Å². The first-order chi connectivity index (χ1) is 9.36. The third-order valence-electron chi connectivity index (χ3n) is 2.68. The summed E-state index contributed by atoms with van der Waals surface area (Å²) in [7, 11) is 0. The molecule has 4 radical (unpaired) electrons. The molecule has 3 rings (SSSR count). The van der Waals surface area contributed by atoms with Crippen molar-refractivity contribution >= 4 is 57.3 Å². The number of hydrogen-bond acceptors (Lipinski definition) is 2. The van der Waals surface area contributed by atoms with E-state index in [4.69, 9.17) is 7.92 Å². The molecule has 0 heterocycles. The monoisotopic (exact) mass is 445 g/mol. The average molecular weight is 448 g/mol. The Hall–Kier alpha value is -0.250. The third kappa shape index (κ3) is 8.97. The van der Waals surface area contributed by atoms with Crippen molar-refractivity contribution in [3.8, 4) is 0 Å². The smallest absolute Gasteiger partial charge is 0 e. The van der Waals surface area contributed by atoms with Crippen LogP contribution in [-0.2, 0) is 27.5 Å². The van der Waals surface area contributed by atoms with Crippen LogP contribution in [0.5, 0.6) is 0 Å². The molecule has 3 aromatic rings. The minimum atomic E-state index is 0. The van der Waals surface area contributed by atoms with Gasteiger partial charge >= 0.3 is 27.5 Å². The van der Waals surface area contributed by atoms with Crippen LogP contribution < -0.4 is 0 Å². The Morgan fingerprint density at radius 1 is 0.913 bits per heavy atom. The summed E-state index contributed by atoms with van der Waals surface area (Å²) in [6.07, 6.45) is 0.625. The van der Waals surface area contributed by atoms with Gasteiger partial charge in [-0.25, -0.2) is 0 Å². The van der Waals surface area contributed by atoms with Crippen LogP contribution in [0.1, 0.15) is 6.42 Å². The molecule has 0 aliphatic rings. The predicted molar refractivity (Wildman–Crippen MR) is 101 cm³/mol. The molecular weight excluding hydrogens is 426 g/mol. The molecule has 0 saturated carbocycles. The van der Waals surface area contributed by atoms with Gasteiger partial charge in [-0.2, -0.15) is 6.42 Å². The Morgan fingerprint density at radius 2 is 1.22 bits per heavy atom. The second-order valence-corrected chi connectivity index (χ2v) is 3.90. The Labute approximate surface area is 171 Å². The molecular formula is C17H21Cl2O2SiZr-3. The topological polar surface area (TPSA) is 37.3 Å². The van der Waals surface area contributed by atoms with Crippen LogP contribution in [0.3, 0.4) is 0 Å². The maximum atomic E-state index is 8.34. The molecule has 0 fully saturated rings. The summed E-state index contributed by atoms with van der Waals surface area (Å²) in [6, 6.07) is 19.3. The molecule has 0 spiro atoms. The summed E-state index contributed by atoms with van der Waals surface area (Å²) in [6.45, 7) is 3.56. The minimum Gasteiger partial charge on any atom is -0.126 e. The van der Waals surface area contributed by atoms with Gasteiger partial charge in [0.25, 0.3) is 0 Å². The van der Waals surface area contributed by atoms with Gasteiger partial charge in [0.15, 0.2) is 0 Å². The Kier molecular flexibility index (Phi) is 24.1. The van der Waals surface area contributed by atoms with E-state index in [1.807, 2.05) is 0 Å². The molecule has 126 valence electrons.